The molecule has 1 aliphatic carbocycles. The van der Waals surface area contributed by atoms with Crippen LogP contribution in [-0.2, 0) is 12.8 Å². The molecule has 2 N–H and O–H groups in total. The quantitative estimate of drug-likeness (QED) is 0.585. The number of benzene rings is 1. The molecular formula is C10H12FN. The molecule has 0 amide bonds. The summed E-state index contributed by atoms with van der Waals surface area (Å²) in [5.41, 5.74) is 8.76. The van der Waals surface area contributed by atoms with E-state index in [0.29, 0.717) is 12.8 Å². The zero-order valence-corrected chi connectivity index (χ0v) is 6.89. The molecule has 0 fully saturated rings. The number of alkyl halides is 1. The third kappa shape index (κ3) is 1.29. The minimum Gasteiger partial charge on any atom is -0.399 e. The van der Waals surface area contributed by atoms with Gasteiger partial charge >= 0.3 is 0 Å². The van der Waals surface area contributed by atoms with Crippen LogP contribution >= 0.6 is 0 Å². The first-order chi connectivity index (χ1) is 5.75. The minimum absolute atomic E-state index is 0.565. The van der Waals surface area contributed by atoms with Crippen molar-refractivity contribution in [3.63, 3.8) is 0 Å². The molecule has 1 nitrogen and oxygen atoms in total. The summed E-state index contributed by atoms with van der Waals surface area (Å²) in [6.45, 7) is 0. The second kappa shape index (κ2) is 2.77. The Labute approximate surface area is 71.4 Å². The first kappa shape index (κ1) is 7.59. The molecule has 1 aliphatic rings. The lowest BCUT2D eigenvalue weighted by Gasteiger charge is -2.18. The van der Waals surface area contributed by atoms with Crippen molar-refractivity contribution in [3.8, 4) is 0 Å². The summed E-state index contributed by atoms with van der Waals surface area (Å²) in [4.78, 5) is 0. The number of hydrogen-bond donors (Lipinski definition) is 1. The molecule has 0 aliphatic heterocycles. The van der Waals surface area contributed by atoms with Crippen LogP contribution in [-0.4, -0.2) is 6.17 Å². The molecule has 2 heteroatoms. The fraction of sp³-hybridized carbons (Fsp3) is 0.400. The molecule has 12 heavy (non-hydrogen) atoms. The molecule has 0 bridgehead atoms. The van der Waals surface area contributed by atoms with Crippen LogP contribution in [0.4, 0.5) is 10.1 Å². The van der Waals surface area contributed by atoms with Gasteiger partial charge in [0.25, 0.3) is 0 Å². The van der Waals surface area contributed by atoms with E-state index in [1.165, 1.54) is 5.56 Å². The monoisotopic (exact) mass is 165 g/mol. The van der Waals surface area contributed by atoms with Crippen LogP contribution in [0.5, 0.6) is 0 Å². The topological polar surface area (TPSA) is 26.0 Å². The van der Waals surface area contributed by atoms with Crippen LogP contribution in [0.3, 0.4) is 0 Å². The molecule has 0 saturated heterocycles. The van der Waals surface area contributed by atoms with Crippen molar-refractivity contribution in [2.45, 2.75) is 25.4 Å². The Bertz CT molecular complexity index is 296. The molecule has 0 heterocycles. The van der Waals surface area contributed by atoms with Crippen molar-refractivity contribution in [1.29, 1.82) is 0 Å². The van der Waals surface area contributed by atoms with E-state index in [1.54, 1.807) is 0 Å². The van der Waals surface area contributed by atoms with Crippen LogP contribution in [0.2, 0.25) is 0 Å². The second-order valence-electron chi connectivity index (χ2n) is 3.37. The lowest BCUT2D eigenvalue weighted by molar-refractivity contribution is 0.301. The summed E-state index contributed by atoms with van der Waals surface area (Å²) >= 11 is 0. The summed E-state index contributed by atoms with van der Waals surface area (Å²) in [5.74, 6) is 0. The van der Waals surface area contributed by atoms with Gasteiger partial charge in [0.05, 0.1) is 0 Å². The maximum atomic E-state index is 12.9. The van der Waals surface area contributed by atoms with Gasteiger partial charge in [-0.05, 0) is 36.1 Å². The van der Waals surface area contributed by atoms with Gasteiger partial charge in [-0.15, -0.1) is 0 Å². The molecule has 0 radical (unpaired) electrons. The maximum absolute atomic E-state index is 12.9. The highest BCUT2D eigenvalue weighted by atomic mass is 19.1. The van der Waals surface area contributed by atoms with Gasteiger partial charge in [0, 0.05) is 12.1 Å². The third-order valence-electron chi connectivity index (χ3n) is 2.40. The van der Waals surface area contributed by atoms with E-state index in [1.807, 2.05) is 18.2 Å². The standard InChI is InChI=1S/C10H12FN/c11-9-3-1-8-6-10(12)4-2-7(8)5-9/h2,4,6,9H,1,3,5,12H2. The molecule has 1 unspecified atom stereocenters. The predicted octanol–water partition coefficient (Wildman–Crippen LogP) is 2.10. The van der Waals surface area contributed by atoms with E-state index in [0.717, 1.165) is 17.7 Å². The lowest BCUT2D eigenvalue weighted by Crippen LogP contribution is -2.14. The highest BCUT2D eigenvalue weighted by molar-refractivity contribution is 5.45. The first-order valence-electron chi connectivity index (χ1n) is 4.27. The molecular weight excluding hydrogens is 153 g/mol. The Hall–Kier alpha value is -1.05. The van der Waals surface area contributed by atoms with Crippen molar-refractivity contribution < 1.29 is 4.39 Å². The average Bonchev–Trinajstić information content (AvgIpc) is 2.05. The number of hydrogen-bond acceptors (Lipinski definition) is 1. The fourth-order valence-corrected chi connectivity index (χ4v) is 1.73. The average molecular weight is 165 g/mol. The normalized spacial score (nSPS) is 21.9. The number of anilines is 1. The minimum atomic E-state index is -0.652. The van der Waals surface area contributed by atoms with Gasteiger partial charge in [0.1, 0.15) is 6.17 Å². The van der Waals surface area contributed by atoms with Crippen LogP contribution in [0.1, 0.15) is 17.5 Å². The Morgan fingerprint density at radius 1 is 1.33 bits per heavy atom. The van der Waals surface area contributed by atoms with Crippen LogP contribution < -0.4 is 5.73 Å². The highest BCUT2D eigenvalue weighted by Gasteiger charge is 2.17. The molecule has 1 aromatic rings. The van der Waals surface area contributed by atoms with Crippen LogP contribution in [0.25, 0.3) is 0 Å². The summed E-state index contributed by atoms with van der Waals surface area (Å²) in [7, 11) is 0. The van der Waals surface area contributed by atoms with E-state index in [-0.39, 0.29) is 0 Å². The van der Waals surface area contributed by atoms with Gasteiger partial charge in [-0.3, -0.25) is 0 Å². The largest absolute Gasteiger partial charge is 0.399 e. The van der Waals surface area contributed by atoms with Gasteiger partial charge in [0.15, 0.2) is 0 Å². The van der Waals surface area contributed by atoms with Crippen molar-refractivity contribution in [3.05, 3.63) is 29.3 Å². The van der Waals surface area contributed by atoms with Gasteiger partial charge in [-0.2, -0.15) is 0 Å². The van der Waals surface area contributed by atoms with Gasteiger partial charge in [0.2, 0.25) is 0 Å². The number of rotatable bonds is 0. The summed E-state index contributed by atoms with van der Waals surface area (Å²) in [6.07, 6.45) is 1.40. The van der Waals surface area contributed by atoms with Crippen molar-refractivity contribution in [1.82, 2.24) is 0 Å². The van der Waals surface area contributed by atoms with Crippen LogP contribution in [0, 0.1) is 0 Å². The molecule has 2 rings (SSSR count). The SMILES string of the molecule is Nc1ccc2c(c1)CCC(F)C2. The van der Waals surface area contributed by atoms with Gasteiger partial charge < -0.3 is 5.73 Å². The molecule has 0 aromatic heterocycles. The van der Waals surface area contributed by atoms with Crippen molar-refractivity contribution in [2.75, 3.05) is 5.73 Å². The number of halogens is 1. The Morgan fingerprint density at radius 2 is 2.17 bits per heavy atom. The predicted molar refractivity (Wildman–Crippen MR) is 47.8 cm³/mol. The summed E-state index contributed by atoms with van der Waals surface area (Å²) in [5, 5.41) is 0. The number of nitrogens with two attached hydrogens (primary N) is 1. The maximum Gasteiger partial charge on any atom is 0.104 e. The van der Waals surface area contributed by atoms with E-state index < -0.39 is 6.17 Å². The molecule has 0 spiro atoms. The Kier molecular flexibility index (Phi) is 1.75. The smallest absolute Gasteiger partial charge is 0.104 e. The Morgan fingerprint density at radius 3 is 3.00 bits per heavy atom. The fourth-order valence-electron chi connectivity index (χ4n) is 1.73. The molecule has 64 valence electrons. The van der Waals surface area contributed by atoms with E-state index in [4.69, 9.17) is 5.73 Å². The summed E-state index contributed by atoms with van der Waals surface area (Å²) in [6, 6.07) is 5.74. The number of aryl methyl sites for hydroxylation is 1. The Balaban J connectivity index is 2.37. The highest BCUT2D eigenvalue weighted by Crippen LogP contribution is 2.24. The lowest BCUT2D eigenvalue weighted by atomic mass is 9.90. The van der Waals surface area contributed by atoms with Gasteiger partial charge in [-0.1, -0.05) is 6.07 Å². The molecule has 1 atom stereocenters. The van der Waals surface area contributed by atoms with Crippen molar-refractivity contribution >= 4 is 5.69 Å². The third-order valence-corrected chi connectivity index (χ3v) is 2.40. The van der Waals surface area contributed by atoms with E-state index in [2.05, 4.69) is 0 Å². The zero-order chi connectivity index (χ0) is 8.55. The summed E-state index contributed by atoms with van der Waals surface area (Å²) < 4.78 is 12.9. The zero-order valence-electron chi connectivity index (χ0n) is 6.89. The number of nitrogen functional groups attached to an aromatic ring is 1. The van der Waals surface area contributed by atoms with Crippen molar-refractivity contribution in [2.24, 2.45) is 0 Å². The first-order valence-corrected chi connectivity index (χ1v) is 4.27. The number of fused-ring (bicyclic) bond motifs is 1. The molecule has 0 saturated carbocycles. The van der Waals surface area contributed by atoms with E-state index >= 15 is 0 Å². The van der Waals surface area contributed by atoms with E-state index in [9.17, 15) is 4.39 Å². The second-order valence-corrected chi connectivity index (χ2v) is 3.37. The van der Waals surface area contributed by atoms with Crippen LogP contribution in [0.15, 0.2) is 18.2 Å². The molecule has 1 aromatic carbocycles. The van der Waals surface area contributed by atoms with Gasteiger partial charge in [-0.25, -0.2) is 4.39 Å².